The highest BCUT2D eigenvalue weighted by Gasteiger charge is 2.10. The van der Waals surface area contributed by atoms with Crippen LogP contribution in [0.25, 0.3) is 5.69 Å². The van der Waals surface area contributed by atoms with Crippen molar-refractivity contribution in [2.75, 3.05) is 0 Å². The lowest BCUT2D eigenvalue weighted by Crippen LogP contribution is -2.23. The second-order valence-electron chi connectivity index (χ2n) is 4.07. The molecule has 2 rings (SSSR count). The van der Waals surface area contributed by atoms with Gasteiger partial charge in [0.25, 0.3) is 5.56 Å². The predicted molar refractivity (Wildman–Crippen MR) is 71.2 cm³/mol. The first kappa shape index (κ1) is 12.4. The highest BCUT2D eigenvalue weighted by molar-refractivity contribution is 6.30. The van der Waals surface area contributed by atoms with Crippen LogP contribution in [-0.2, 0) is 0 Å². The third kappa shape index (κ3) is 2.03. The molecule has 0 N–H and O–H groups in total. The average molecular weight is 259 g/mol. The van der Waals surface area contributed by atoms with Crippen molar-refractivity contribution in [1.82, 2.24) is 4.57 Å². The topological polar surface area (TPSA) is 45.8 Å². The molecule has 90 valence electrons. The molecule has 3 nitrogen and oxygen atoms in total. The van der Waals surface area contributed by atoms with Gasteiger partial charge in [-0.15, -0.1) is 0 Å². The molecule has 0 radical (unpaired) electrons. The summed E-state index contributed by atoms with van der Waals surface area (Å²) in [5.74, 6) is 0. The number of pyridine rings is 1. The lowest BCUT2D eigenvalue weighted by Gasteiger charge is -2.13. The van der Waals surface area contributed by atoms with Crippen molar-refractivity contribution in [2.45, 2.75) is 13.8 Å². The maximum atomic E-state index is 12.2. The Labute approximate surface area is 110 Å². The molecule has 18 heavy (non-hydrogen) atoms. The maximum absolute atomic E-state index is 12.2. The van der Waals surface area contributed by atoms with Crippen LogP contribution in [0.3, 0.4) is 0 Å². The summed E-state index contributed by atoms with van der Waals surface area (Å²) >= 11 is 5.96. The monoisotopic (exact) mass is 258 g/mol. The van der Waals surface area contributed by atoms with Crippen molar-refractivity contribution in [3.63, 3.8) is 0 Å². The largest absolute Gasteiger partial charge is 0.280 e. The molecule has 0 aliphatic heterocycles. The normalized spacial score (nSPS) is 10.1. The van der Waals surface area contributed by atoms with Crippen molar-refractivity contribution in [2.24, 2.45) is 0 Å². The molecule has 0 saturated heterocycles. The quantitative estimate of drug-likeness (QED) is 0.789. The van der Waals surface area contributed by atoms with Gasteiger partial charge in [-0.05, 0) is 43.7 Å². The minimum absolute atomic E-state index is 0.125. The number of hydrogen-bond donors (Lipinski definition) is 0. The van der Waals surface area contributed by atoms with Gasteiger partial charge in [0, 0.05) is 10.7 Å². The number of halogens is 1. The number of hydrogen-bond acceptors (Lipinski definition) is 2. The molecule has 0 aliphatic carbocycles. The van der Waals surface area contributed by atoms with Crippen molar-refractivity contribution >= 4 is 11.6 Å². The Morgan fingerprint density at radius 1 is 1.22 bits per heavy atom. The fourth-order valence-electron chi connectivity index (χ4n) is 1.84. The van der Waals surface area contributed by atoms with Gasteiger partial charge in [-0.25, -0.2) is 0 Å². The van der Waals surface area contributed by atoms with Crippen LogP contribution >= 0.6 is 11.6 Å². The van der Waals surface area contributed by atoms with Gasteiger partial charge < -0.3 is 0 Å². The second-order valence-corrected chi connectivity index (χ2v) is 4.51. The molecule has 0 spiro atoms. The van der Waals surface area contributed by atoms with Crippen LogP contribution < -0.4 is 5.56 Å². The van der Waals surface area contributed by atoms with Crippen LogP contribution in [0.15, 0.2) is 35.1 Å². The Bertz CT molecular complexity index is 711. The van der Waals surface area contributed by atoms with Gasteiger partial charge in [-0.1, -0.05) is 17.7 Å². The van der Waals surface area contributed by atoms with Crippen LogP contribution in [0.5, 0.6) is 0 Å². The molecule has 1 aromatic carbocycles. The number of benzene rings is 1. The van der Waals surface area contributed by atoms with Crippen molar-refractivity contribution in [3.8, 4) is 11.8 Å². The molecular formula is C14H11ClN2O. The van der Waals surface area contributed by atoms with Crippen LogP contribution in [0.4, 0.5) is 0 Å². The van der Waals surface area contributed by atoms with E-state index in [2.05, 4.69) is 0 Å². The molecular weight excluding hydrogens is 248 g/mol. The number of aromatic nitrogens is 1. The van der Waals surface area contributed by atoms with Crippen LogP contribution in [-0.4, -0.2) is 4.57 Å². The Balaban J connectivity index is 2.83. The van der Waals surface area contributed by atoms with Gasteiger partial charge in [0.2, 0.25) is 0 Å². The van der Waals surface area contributed by atoms with E-state index >= 15 is 0 Å². The first-order chi connectivity index (χ1) is 8.54. The zero-order valence-electron chi connectivity index (χ0n) is 10.1. The van der Waals surface area contributed by atoms with Gasteiger partial charge >= 0.3 is 0 Å². The van der Waals surface area contributed by atoms with Gasteiger partial charge in [-0.2, -0.15) is 5.26 Å². The lowest BCUT2D eigenvalue weighted by molar-refractivity contribution is 0.919. The zero-order chi connectivity index (χ0) is 13.3. The van der Waals surface area contributed by atoms with Gasteiger partial charge in [-0.3, -0.25) is 9.36 Å². The fourth-order valence-corrected chi connectivity index (χ4v) is 2.00. The Morgan fingerprint density at radius 3 is 2.61 bits per heavy atom. The average Bonchev–Trinajstić information content (AvgIpc) is 2.34. The van der Waals surface area contributed by atoms with E-state index in [0.717, 1.165) is 11.3 Å². The van der Waals surface area contributed by atoms with Gasteiger partial charge in [0.15, 0.2) is 0 Å². The van der Waals surface area contributed by atoms with E-state index in [1.165, 1.54) is 10.6 Å². The second kappa shape index (κ2) is 4.67. The summed E-state index contributed by atoms with van der Waals surface area (Å²) in [4.78, 5) is 12.2. The highest BCUT2D eigenvalue weighted by atomic mass is 35.5. The molecule has 1 heterocycles. The van der Waals surface area contributed by atoms with Crippen LogP contribution in [0, 0.1) is 25.2 Å². The smallest absolute Gasteiger partial charge is 0.273 e. The summed E-state index contributed by atoms with van der Waals surface area (Å²) in [5.41, 5.74) is 2.22. The minimum Gasteiger partial charge on any atom is -0.280 e. The van der Waals surface area contributed by atoms with Gasteiger partial charge in [0.05, 0.1) is 5.69 Å². The number of nitriles is 1. The molecule has 0 fully saturated rings. The predicted octanol–water partition coefficient (Wildman–Crippen LogP) is 2.98. The Hall–Kier alpha value is -2.05. The third-order valence-corrected chi connectivity index (χ3v) is 3.05. The summed E-state index contributed by atoms with van der Waals surface area (Å²) in [6.45, 7) is 3.72. The molecule has 0 amide bonds. The molecule has 4 heteroatoms. The van der Waals surface area contributed by atoms with E-state index in [1.54, 1.807) is 18.2 Å². The third-order valence-electron chi connectivity index (χ3n) is 2.81. The summed E-state index contributed by atoms with van der Waals surface area (Å²) < 4.78 is 1.51. The summed E-state index contributed by atoms with van der Waals surface area (Å²) in [5, 5.41) is 9.47. The van der Waals surface area contributed by atoms with Crippen molar-refractivity contribution < 1.29 is 0 Å². The van der Waals surface area contributed by atoms with E-state index in [0.29, 0.717) is 10.7 Å². The highest BCUT2D eigenvalue weighted by Crippen LogP contribution is 2.19. The minimum atomic E-state index is -0.317. The van der Waals surface area contributed by atoms with Gasteiger partial charge in [0.1, 0.15) is 11.6 Å². The number of rotatable bonds is 1. The standard InChI is InChI=1S/C14H11ClN2O/c1-9-3-6-12(15)7-13(9)17-10(2)4-5-11(8-16)14(17)18/h3-7H,1-2H3. The fraction of sp³-hybridized carbons (Fsp3) is 0.143. The lowest BCUT2D eigenvalue weighted by atomic mass is 10.1. The Morgan fingerprint density at radius 2 is 1.94 bits per heavy atom. The van der Waals surface area contributed by atoms with E-state index in [-0.39, 0.29) is 11.1 Å². The summed E-state index contributed by atoms with van der Waals surface area (Å²) in [6.07, 6.45) is 0. The number of nitrogens with zero attached hydrogens (tertiary/aromatic N) is 2. The van der Waals surface area contributed by atoms with E-state index in [1.807, 2.05) is 26.0 Å². The Kier molecular flexibility index (Phi) is 3.22. The number of aryl methyl sites for hydroxylation is 2. The maximum Gasteiger partial charge on any atom is 0.273 e. The van der Waals surface area contributed by atoms with Crippen molar-refractivity contribution in [3.05, 3.63) is 62.5 Å². The molecule has 0 aliphatic rings. The molecule has 2 aromatic rings. The van der Waals surface area contributed by atoms with Crippen LogP contribution in [0.2, 0.25) is 5.02 Å². The molecule has 0 saturated carbocycles. The van der Waals surface area contributed by atoms with E-state index < -0.39 is 0 Å². The molecule has 0 atom stereocenters. The van der Waals surface area contributed by atoms with Crippen molar-refractivity contribution in [1.29, 1.82) is 5.26 Å². The van der Waals surface area contributed by atoms with Crippen LogP contribution in [0.1, 0.15) is 16.8 Å². The zero-order valence-corrected chi connectivity index (χ0v) is 10.8. The first-order valence-corrected chi connectivity index (χ1v) is 5.81. The SMILES string of the molecule is Cc1ccc(Cl)cc1-n1c(C)ccc(C#N)c1=O. The molecule has 1 aromatic heterocycles. The molecule has 0 bridgehead atoms. The molecule has 0 unspecified atom stereocenters. The summed E-state index contributed by atoms with van der Waals surface area (Å²) in [7, 11) is 0. The summed E-state index contributed by atoms with van der Waals surface area (Å²) in [6, 6.07) is 10.5. The van der Waals surface area contributed by atoms with E-state index in [9.17, 15) is 4.79 Å². The first-order valence-electron chi connectivity index (χ1n) is 5.44. The van der Waals surface area contributed by atoms with E-state index in [4.69, 9.17) is 16.9 Å².